The molecule has 1 fully saturated rings. The molecule has 3 aromatic heterocycles. The molecule has 5 rings (SSSR count). The lowest BCUT2D eigenvalue weighted by Gasteiger charge is -2.49. The third-order valence-corrected chi connectivity index (χ3v) is 7.85. The Morgan fingerprint density at radius 1 is 1.38 bits per heavy atom. The number of carbonyl (C=O) groups excluding carboxylic acids is 2. The molecule has 4 N–H and O–H groups in total. The molecule has 0 radical (unpaired) electrons. The monoisotopic (exact) mass is 544 g/mol. The molecule has 0 unspecified atom stereocenters. The number of thiazole rings is 1. The van der Waals surface area contributed by atoms with Crippen molar-refractivity contribution in [2.45, 2.75) is 31.8 Å². The Hall–Kier alpha value is -4.05. The Bertz CT molecular complexity index is 1510. The van der Waals surface area contributed by atoms with E-state index in [-0.39, 0.29) is 28.8 Å². The van der Waals surface area contributed by atoms with E-state index in [9.17, 15) is 19.5 Å². The summed E-state index contributed by atoms with van der Waals surface area (Å²) in [6.07, 6.45) is 1.58. The second-order valence-corrected chi connectivity index (χ2v) is 10.3. The maximum Gasteiger partial charge on any atom is 0.380 e. The van der Waals surface area contributed by atoms with Crippen LogP contribution in [-0.4, -0.2) is 77.2 Å². The minimum absolute atomic E-state index is 0.0996. The average Bonchev–Trinajstić information content (AvgIpc) is 3.46. The van der Waals surface area contributed by atoms with Crippen LogP contribution in [0.2, 0.25) is 0 Å². The fourth-order valence-corrected chi connectivity index (χ4v) is 6.23. The van der Waals surface area contributed by atoms with Crippen LogP contribution in [0.4, 0.5) is 5.13 Å². The molecule has 1 saturated heterocycles. The number of carboxylic acids is 1. The van der Waals surface area contributed by atoms with Crippen molar-refractivity contribution in [3.05, 3.63) is 46.1 Å². The van der Waals surface area contributed by atoms with Crippen molar-refractivity contribution in [1.29, 1.82) is 0 Å². The Morgan fingerprint density at radius 3 is 2.84 bits per heavy atom. The molecule has 37 heavy (non-hydrogen) atoms. The van der Waals surface area contributed by atoms with Crippen molar-refractivity contribution in [1.82, 2.24) is 29.7 Å². The molecule has 3 aromatic rings. The van der Waals surface area contributed by atoms with Gasteiger partial charge in [-0.2, -0.15) is 4.98 Å². The van der Waals surface area contributed by atoms with Gasteiger partial charge in [-0.25, -0.2) is 9.78 Å². The van der Waals surface area contributed by atoms with Crippen LogP contribution in [0, 0.1) is 13.8 Å². The normalized spacial score (nSPS) is 19.6. The predicted octanol–water partition coefficient (Wildman–Crippen LogP) is -0.538. The molecule has 2 amide bonds. The van der Waals surface area contributed by atoms with Gasteiger partial charge >= 0.3 is 18.1 Å². The van der Waals surface area contributed by atoms with E-state index in [1.54, 1.807) is 20.9 Å². The smallest absolute Gasteiger partial charge is 0.380 e. The SMILES string of the molecule is CO/N=C(\C(=O)N[C@@H]1C(=O)N2C(C(=O)O)=C(C[n+]3cnc4nc(C)cc(C)n43)CS[C@H]12)c1csc(N)n1. The van der Waals surface area contributed by atoms with Gasteiger partial charge in [0.15, 0.2) is 10.8 Å². The van der Waals surface area contributed by atoms with E-state index >= 15 is 0 Å². The Balaban J connectivity index is 1.39. The number of carbonyl (C=O) groups is 3. The number of anilines is 1. The van der Waals surface area contributed by atoms with E-state index < -0.39 is 29.2 Å². The van der Waals surface area contributed by atoms with E-state index in [4.69, 9.17) is 10.6 Å². The van der Waals surface area contributed by atoms with Crippen LogP contribution in [0.25, 0.3) is 5.78 Å². The van der Waals surface area contributed by atoms with Crippen molar-refractivity contribution in [3.8, 4) is 0 Å². The predicted molar refractivity (Wildman–Crippen MR) is 132 cm³/mol. The molecule has 0 aromatic carbocycles. The van der Waals surface area contributed by atoms with Gasteiger partial charge in [-0.1, -0.05) is 5.16 Å². The second-order valence-electron chi connectivity index (χ2n) is 8.30. The number of thioether (sulfide) groups is 1. The number of carboxylic acid groups (broad SMARTS) is 1. The second kappa shape index (κ2) is 9.44. The van der Waals surface area contributed by atoms with E-state index in [2.05, 4.69) is 25.4 Å². The maximum atomic E-state index is 13.1. The highest BCUT2D eigenvalue weighted by Crippen LogP contribution is 2.40. The van der Waals surface area contributed by atoms with Gasteiger partial charge in [0.25, 0.3) is 11.8 Å². The molecule has 2 aliphatic rings. The third-order valence-electron chi connectivity index (χ3n) is 5.83. The van der Waals surface area contributed by atoms with E-state index in [0.717, 1.165) is 22.7 Å². The first-order valence-electron chi connectivity index (χ1n) is 10.9. The summed E-state index contributed by atoms with van der Waals surface area (Å²) in [6, 6.07) is 0.959. The Kier molecular flexibility index (Phi) is 6.28. The number of aromatic nitrogens is 5. The Labute approximate surface area is 217 Å². The van der Waals surface area contributed by atoms with E-state index in [1.807, 2.05) is 19.9 Å². The highest BCUT2D eigenvalue weighted by molar-refractivity contribution is 8.00. The highest BCUT2D eigenvalue weighted by Gasteiger charge is 2.54. The van der Waals surface area contributed by atoms with Crippen molar-refractivity contribution >= 4 is 57.5 Å². The fraction of sp³-hybridized carbons (Fsp3) is 0.333. The van der Waals surface area contributed by atoms with Crippen LogP contribution in [0.1, 0.15) is 17.1 Å². The summed E-state index contributed by atoms with van der Waals surface area (Å²) in [6.45, 7) is 3.98. The third kappa shape index (κ3) is 4.27. The minimum atomic E-state index is -1.22. The lowest BCUT2D eigenvalue weighted by Crippen LogP contribution is -2.71. The largest absolute Gasteiger partial charge is 0.477 e. The van der Waals surface area contributed by atoms with E-state index in [0.29, 0.717) is 17.1 Å². The van der Waals surface area contributed by atoms with Gasteiger partial charge in [0.1, 0.15) is 36.5 Å². The number of oxime groups is 1. The standard InChI is InChI=1S/C21H21N9O5S2/c1-9-4-10(2)30-21(24-9)23-8-28(30)5-11-6-36-18-14(17(32)29(18)15(11)19(33)34)26-16(31)13(27-35-3)12-7-37-20(22)25-12/h4,7-8,14,18H,5-6H2,1-3H3,(H3-,22,25,26,31,33,34)/p+1/b27-13-/t14-,18-/m1/s1. The number of β-lactam (4-membered cyclic amide) rings is 1. The van der Waals surface area contributed by atoms with Crippen molar-refractivity contribution in [2.24, 2.45) is 5.16 Å². The number of hydrogen-bond donors (Lipinski definition) is 3. The summed E-state index contributed by atoms with van der Waals surface area (Å²) in [7, 11) is 1.28. The van der Waals surface area contributed by atoms with Crippen LogP contribution in [0.5, 0.6) is 0 Å². The zero-order valence-electron chi connectivity index (χ0n) is 19.9. The average molecular weight is 545 g/mol. The quantitative estimate of drug-likeness (QED) is 0.151. The van der Waals surface area contributed by atoms with Crippen molar-refractivity contribution < 1.29 is 29.0 Å². The van der Waals surface area contributed by atoms with Gasteiger partial charge in [-0.3, -0.25) is 14.5 Å². The molecule has 0 spiro atoms. The van der Waals surface area contributed by atoms with Crippen LogP contribution in [-0.2, 0) is 25.8 Å². The van der Waals surface area contributed by atoms with Gasteiger partial charge < -0.3 is 21.0 Å². The summed E-state index contributed by atoms with van der Waals surface area (Å²) in [4.78, 5) is 57.0. The first kappa shape index (κ1) is 24.6. The lowest BCUT2D eigenvalue weighted by atomic mass is 10.0. The topological polar surface area (TPSA) is 181 Å². The number of nitrogen functional groups attached to an aromatic ring is 1. The number of nitrogens with two attached hydrogens (primary N) is 1. The van der Waals surface area contributed by atoms with Gasteiger partial charge in [-0.05, 0) is 24.9 Å². The summed E-state index contributed by atoms with van der Waals surface area (Å²) in [5.74, 6) is -1.61. The first-order valence-corrected chi connectivity index (χ1v) is 12.9. The Morgan fingerprint density at radius 2 is 2.16 bits per heavy atom. The molecular formula is C21H22N9O5S2+. The highest BCUT2D eigenvalue weighted by atomic mass is 32.2. The summed E-state index contributed by atoms with van der Waals surface area (Å²) in [5.41, 5.74) is 7.87. The van der Waals surface area contributed by atoms with E-state index in [1.165, 1.54) is 23.8 Å². The summed E-state index contributed by atoms with van der Waals surface area (Å²) >= 11 is 2.49. The number of aryl methyl sites for hydroxylation is 2. The number of nitrogens with one attached hydrogen (secondary N) is 1. The molecule has 16 heteroatoms. The number of hydrogen-bond acceptors (Lipinski definition) is 11. The molecule has 5 heterocycles. The number of aliphatic carboxylic acids is 1. The maximum absolute atomic E-state index is 13.1. The first-order chi connectivity index (χ1) is 17.7. The van der Waals surface area contributed by atoms with Gasteiger partial charge in [0.05, 0.1) is 5.69 Å². The zero-order chi connectivity index (χ0) is 26.4. The van der Waals surface area contributed by atoms with Crippen molar-refractivity contribution in [3.63, 3.8) is 0 Å². The molecule has 0 saturated carbocycles. The summed E-state index contributed by atoms with van der Waals surface area (Å²) < 4.78 is 3.55. The minimum Gasteiger partial charge on any atom is -0.477 e. The molecule has 0 aliphatic carbocycles. The molecule has 192 valence electrons. The number of amides is 2. The van der Waals surface area contributed by atoms with Crippen LogP contribution in [0.3, 0.4) is 0 Å². The number of fused-ring (bicyclic) bond motifs is 2. The fourth-order valence-electron chi connectivity index (χ4n) is 4.34. The number of rotatable bonds is 7. The lowest BCUT2D eigenvalue weighted by molar-refractivity contribution is -0.755. The summed E-state index contributed by atoms with van der Waals surface area (Å²) in [5, 5.41) is 17.6. The van der Waals surface area contributed by atoms with Gasteiger partial charge in [0, 0.05) is 22.4 Å². The zero-order valence-corrected chi connectivity index (χ0v) is 21.5. The van der Waals surface area contributed by atoms with Gasteiger partial charge in [-0.15, -0.1) is 32.3 Å². The molecule has 14 nitrogen and oxygen atoms in total. The molecule has 2 atom stereocenters. The van der Waals surface area contributed by atoms with Crippen LogP contribution < -0.4 is 15.7 Å². The van der Waals surface area contributed by atoms with Crippen LogP contribution >= 0.6 is 23.1 Å². The molecule has 0 bridgehead atoms. The van der Waals surface area contributed by atoms with Crippen LogP contribution in [0.15, 0.2) is 34.2 Å². The number of nitrogens with zero attached hydrogens (tertiary/aromatic N) is 7. The molecule has 2 aliphatic heterocycles. The van der Waals surface area contributed by atoms with Crippen molar-refractivity contribution in [2.75, 3.05) is 18.6 Å². The van der Waals surface area contributed by atoms with Gasteiger partial charge in [0.2, 0.25) is 0 Å². The molecular weight excluding hydrogens is 522 g/mol.